The Morgan fingerprint density at radius 2 is 1.52 bits per heavy atom. The summed E-state index contributed by atoms with van der Waals surface area (Å²) in [5, 5.41) is 63.7. The average Bonchev–Trinajstić information content (AvgIpc) is 0.502. The van der Waals surface area contributed by atoms with E-state index in [1.54, 1.807) is 6.92 Å². The Kier molecular flexibility index (Phi) is 33.7. The zero-order chi connectivity index (χ0) is 76.0. The number of halogens is 1. The molecule has 2 aliphatic rings. The number of nitrogens with zero attached hydrogens (tertiary/aromatic N) is 2. The molecular formula is C66H102ClN13O20. The minimum atomic E-state index is -2.43. The predicted octanol–water partition coefficient (Wildman–Crippen LogP) is -2.94. The van der Waals surface area contributed by atoms with Gasteiger partial charge in [-0.3, -0.25) is 57.5 Å². The van der Waals surface area contributed by atoms with E-state index < -0.39 is 210 Å². The number of rotatable bonds is 26. The number of ether oxygens (including phenoxy) is 3. The van der Waals surface area contributed by atoms with E-state index in [4.69, 9.17) is 37.3 Å². The van der Waals surface area contributed by atoms with Gasteiger partial charge in [-0.1, -0.05) is 90.0 Å². The number of primary amides is 1. The van der Waals surface area contributed by atoms with Crippen molar-refractivity contribution in [1.82, 2.24) is 57.7 Å². The van der Waals surface area contributed by atoms with Crippen LogP contribution < -0.4 is 59.3 Å². The number of alkyl halides is 1. The highest BCUT2D eigenvalue weighted by Gasteiger charge is 2.48. The molecule has 0 aromatic heterocycles. The van der Waals surface area contributed by atoms with Crippen molar-refractivity contribution < 1.29 is 97.0 Å². The van der Waals surface area contributed by atoms with E-state index >= 15 is 19.2 Å². The van der Waals surface area contributed by atoms with Crippen LogP contribution in [0.5, 0.6) is 5.75 Å². The van der Waals surface area contributed by atoms with Gasteiger partial charge in [0.05, 0.1) is 25.8 Å². The Hall–Kier alpha value is -8.60. The van der Waals surface area contributed by atoms with E-state index in [2.05, 4.69) is 47.9 Å². The molecule has 12 amide bonds. The molecule has 0 spiro atoms. The number of nitrogens with two attached hydrogens (primary N) is 2. The summed E-state index contributed by atoms with van der Waals surface area (Å²) in [6.45, 7) is 14.8. The fourth-order valence-corrected chi connectivity index (χ4v) is 11.1. The van der Waals surface area contributed by atoms with Crippen molar-refractivity contribution in [3.63, 3.8) is 0 Å². The molecule has 100 heavy (non-hydrogen) atoms. The highest BCUT2D eigenvalue weighted by atomic mass is 35.5. The Morgan fingerprint density at radius 1 is 0.890 bits per heavy atom. The van der Waals surface area contributed by atoms with E-state index in [0.29, 0.717) is 0 Å². The van der Waals surface area contributed by atoms with Crippen molar-refractivity contribution in [2.75, 3.05) is 47.5 Å². The number of nitrogens with one attached hydrogen (secondary N) is 9. The normalized spacial score (nSPS) is 24.8. The van der Waals surface area contributed by atoms with E-state index in [1.807, 2.05) is 19.9 Å². The molecule has 33 nitrogen and oxygen atoms in total. The van der Waals surface area contributed by atoms with Crippen LogP contribution in [-0.2, 0) is 76.5 Å². The van der Waals surface area contributed by atoms with E-state index in [9.17, 15) is 63.6 Å². The number of likely N-dealkylation sites (N-methyl/N-ethyl adjacent to an activating group) is 1. The van der Waals surface area contributed by atoms with Crippen LogP contribution in [0.4, 0.5) is 0 Å². The number of carbonyl (C=O) groups is 13. The fourth-order valence-electron chi connectivity index (χ4n) is 10.8. The highest BCUT2D eigenvalue weighted by Crippen LogP contribution is 2.31. The number of benzene rings is 1. The maximum absolute atomic E-state index is 15.4. The van der Waals surface area contributed by atoms with Crippen LogP contribution in [0.15, 0.2) is 59.8 Å². The average molecular weight is 1430 g/mol. The van der Waals surface area contributed by atoms with Gasteiger partial charge in [0.15, 0.2) is 5.60 Å². The van der Waals surface area contributed by atoms with Crippen LogP contribution in [0.2, 0.25) is 0 Å². The van der Waals surface area contributed by atoms with Gasteiger partial charge < -0.3 is 104 Å². The molecule has 2 fully saturated rings. The maximum Gasteiger partial charge on any atom is 0.329 e. The van der Waals surface area contributed by atoms with Crippen molar-refractivity contribution in [2.45, 2.75) is 192 Å². The fraction of sp³-hybridized carbons (Fsp3) is 0.621. The van der Waals surface area contributed by atoms with Gasteiger partial charge in [0, 0.05) is 45.1 Å². The number of fused-ring (bicyclic) bond motifs is 1. The maximum atomic E-state index is 15.4. The second kappa shape index (κ2) is 39.4. The van der Waals surface area contributed by atoms with Crippen molar-refractivity contribution in [3.05, 3.63) is 65.4 Å². The second-order valence-electron chi connectivity index (χ2n) is 25.7. The van der Waals surface area contributed by atoms with Crippen LogP contribution in [0.1, 0.15) is 114 Å². The Balaban J connectivity index is 2.20. The number of hydrogen-bond donors (Lipinski definition) is 15. The molecule has 2 heterocycles. The third-order valence-corrected chi connectivity index (χ3v) is 17.7. The minimum absolute atomic E-state index is 0.0502. The lowest BCUT2D eigenvalue weighted by Crippen LogP contribution is -2.66. The van der Waals surface area contributed by atoms with Gasteiger partial charge >= 0.3 is 5.97 Å². The Bertz CT molecular complexity index is 3180. The lowest BCUT2D eigenvalue weighted by atomic mass is 9.87. The number of aromatic hydroxyl groups is 1. The molecule has 1 aromatic carbocycles. The summed E-state index contributed by atoms with van der Waals surface area (Å²) in [6, 6.07) is -10.3. The number of cyclic esters (lactones) is 1. The molecule has 2 saturated heterocycles. The van der Waals surface area contributed by atoms with Crippen LogP contribution >= 0.6 is 11.6 Å². The second-order valence-corrected chi connectivity index (χ2v) is 26.3. The molecule has 0 aliphatic carbocycles. The van der Waals surface area contributed by atoms with Crippen LogP contribution in [0, 0.1) is 23.7 Å². The summed E-state index contributed by atoms with van der Waals surface area (Å²) in [4.78, 5) is 186. The molecule has 3 unspecified atom stereocenters. The van der Waals surface area contributed by atoms with Crippen molar-refractivity contribution in [3.8, 4) is 5.75 Å². The third-order valence-electron chi connectivity index (χ3n) is 17.3. The topological polar surface area (TPSA) is 497 Å². The van der Waals surface area contributed by atoms with E-state index in [1.165, 1.54) is 98.9 Å². The molecule has 558 valence electrons. The molecule has 18 atom stereocenters. The lowest BCUT2D eigenvalue weighted by molar-refractivity contribution is -0.168. The number of carbonyl (C=O) groups excluding carboxylic acids is 13. The minimum Gasteiger partial charge on any atom is -0.508 e. The number of methoxy groups -OCH3 is 2. The van der Waals surface area contributed by atoms with Gasteiger partial charge in [-0.25, -0.2) is 4.79 Å². The summed E-state index contributed by atoms with van der Waals surface area (Å²) >= 11 is 6.75. The van der Waals surface area contributed by atoms with Crippen molar-refractivity contribution in [2.24, 2.45) is 35.1 Å². The van der Waals surface area contributed by atoms with Gasteiger partial charge in [0.1, 0.15) is 78.1 Å². The number of piperidine rings is 1. The first-order valence-electron chi connectivity index (χ1n) is 32.8. The first-order chi connectivity index (χ1) is 46.7. The Morgan fingerprint density at radius 3 is 2.07 bits per heavy atom. The van der Waals surface area contributed by atoms with Crippen molar-refractivity contribution >= 4 is 88.5 Å². The molecule has 3 rings (SSSR count). The molecule has 0 radical (unpaired) electrons. The SMILES string of the molecule is C/C=C(\NC(=O)CNC(=O)C(C)(O)C(O)C=CC(C)=CC(C)CC)C(=O)N[C@H](C(=O)N[C@H](C(=O)N[C@H]1C(=O)N[C@H](COC)C(=O)NCC(=O)N[C@@H](C)C(=O)N(C)[C@@H]([C@@H](C)O)C(=O)N[C@H]([C@H](OC)c2ccc(O)cc2)C(=O)N2CC[C@H](Cl)C[C@H]2C(=O)O[C@@H]1C(C)C)[C@@H](C)[C@@H](C)C(N)=O)[C@H](C)N. The van der Waals surface area contributed by atoms with E-state index in [-0.39, 0.29) is 36.6 Å². The predicted molar refractivity (Wildman–Crippen MR) is 362 cm³/mol. The third kappa shape index (κ3) is 24.1. The summed E-state index contributed by atoms with van der Waals surface area (Å²) in [5.41, 5.74) is 10.1. The van der Waals surface area contributed by atoms with Gasteiger partial charge in [-0.15, -0.1) is 11.6 Å². The summed E-state index contributed by atoms with van der Waals surface area (Å²) in [5.74, 6) is -17.9. The number of phenolic OH excluding ortho intramolecular Hbond substituents is 1. The smallest absolute Gasteiger partial charge is 0.329 e. The summed E-state index contributed by atoms with van der Waals surface area (Å²) in [7, 11) is 3.51. The standard InChI is InChI=1S/C66H102ClN13O20/c1-16-32(5)26-33(6)18-23-45(83)66(12,97)65(96)71-29-47(85)73-42(17-2)57(88)76-49(36(9)68)59(90)75-48(34(7)35(8)55(69)86)58(89)77-50-53(31(3)4)100-64(95)44-27-40(67)24-25-80(44)63(94)51(54(99-15)39-19-21-41(82)22-20-39)78-61(92)52(38(11)81)79(13)62(93)37(10)72-46(84)28-70-56(87)43(30-98-14)74-60(50)91/h17-23,26,31-32,34-38,40,43-45,48-54,81-83,97H,16,24-25,27-30,68H2,1-15H3,(H2,69,86)(H,70,87)(H,71,96)(H,72,84)(H,73,85)(H,74,91)(H,75,90)(H,76,88)(H,77,89)(H,78,92)/b23-18?,33-26?,42-17-/t32?,34-,35+,36-,37-,38+,40-,43+,44-,45?,48-,49-,50+,51+,52-,53+,54+,66?/m0/s1. The van der Waals surface area contributed by atoms with Crippen LogP contribution in [0.25, 0.3) is 0 Å². The molecule has 34 heteroatoms. The van der Waals surface area contributed by atoms with Crippen molar-refractivity contribution in [1.29, 1.82) is 0 Å². The zero-order valence-electron chi connectivity index (χ0n) is 59.2. The highest BCUT2D eigenvalue weighted by molar-refractivity contribution is 6.21. The quantitative estimate of drug-likeness (QED) is 0.0191. The molecule has 0 bridgehead atoms. The van der Waals surface area contributed by atoms with Gasteiger partial charge in [-0.2, -0.15) is 0 Å². The summed E-state index contributed by atoms with van der Waals surface area (Å²) < 4.78 is 17.3. The number of esters is 1. The van der Waals surface area contributed by atoms with Crippen LogP contribution in [0.3, 0.4) is 0 Å². The first kappa shape index (κ1) is 85.6. The monoisotopic (exact) mass is 1430 g/mol. The zero-order valence-corrected chi connectivity index (χ0v) is 60.0. The van der Waals surface area contributed by atoms with Gasteiger partial charge in [-0.05, 0) is 89.8 Å². The number of aliphatic hydroxyl groups excluding tert-OH is 2. The first-order valence-corrected chi connectivity index (χ1v) is 33.2. The van der Waals surface area contributed by atoms with Gasteiger partial charge in [0.2, 0.25) is 59.1 Å². The number of aliphatic hydroxyl groups is 3. The van der Waals surface area contributed by atoms with Crippen LogP contribution in [-0.4, -0.2) is 238 Å². The number of amides is 12. The molecule has 2 aliphatic heterocycles. The number of allylic oxidation sites excluding steroid dienone is 4. The summed E-state index contributed by atoms with van der Waals surface area (Å²) in [6.07, 6.45) is -0.255. The van der Waals surface area contributed by atoms with E-state index in [0.717, 1.165) is 49.0 Å². The molecule has 0 saturated carbocycles. The number of phenols is 1. The molecule has 1 aromatic rings. The van der Waals surface area contributed by atoms with Gasteiger partial charge in [0.25, 0.3) is 11.8 Å². The molecule has 17 N–H and O–H groups in total. The largest absolute Gasteiger partial charge is 0.508 e. The number of hydrogen-bond acceptors (Lipinski definition) is 21. The molecular weight excluding hydrogens is 1330 g/mol. The lowest BCUT2D eigenvalue weighted by Gasteiger charge is -2.41. The Labute approximate surface area is 586 Å².